The molecule has 24 heavy (non-hydrogen) atoms. The van der Waals surface area contributed by atoms with Crippen LogP contribution in [0.1, 0.15) is 23.0 Å². The van der Waals surface area contributed by atoms with Crippen LogP contribution in [0.3, 0.4) is 0 Å². The molecule has 0 aliphatic carbocycles. The van der Waals surface area contributed by atoms with Crippen LogP contribution < -0.4 is 0 Å². The second-order valence-electron chi connectivity index (χ2n) is 6.16. The van der Waals surface area contributed by atoms with Gasteiger partial charge in [-0.25, -0.2) is 13.1 Å². The van der Waals surface area contributed by atoms with Gasteiger partial charge in [0.05, 0.1) is 22.5 Å². The number of rotatable bonds is 5. The zero-order chi connectivity index (χ0) is 17.5. The fourth-order valence-corrected chi connectivity index (χ4v) is 6.03. The lowest BCUT2D eigenvalue weighted by atomic mass is 10.1. The first-order valence-corrected chi connectivity index (χ1v) is 10.9. The second-order valence-corrected chi connectivity index (χ2v) is 10.6. The van der Waals surface area contributed by atoms with E-state index >= 15 is 0 Å². The number of aromatic nitrogens is 3. The van der Waals surface area contributed by atoms with Crippen LogP contribution in [0.25, 0.3) is 0 Å². The molecule has 1 saturated heterocycles. The maximum absolute atomic E-state index is 11.7. The van der Waals surface area contributed by atoms with Crippen molar-refractivity contribution in [1.29, 1.82) is 0 Å². The van der Waals surface area contributed by atoms with E-state index < -0.39 is 9.84 Å². The molecule has 0 unspecified atom stereocenters. The Bertz CT molecular complexity index is 900. The molecule has 2 aromatic heterocycles. The predicted octanol–water partition coefficient (Wildman–Crippen LogP) is 2.66. The van der Waals surface area contributed by atoms with Crippen LogP contribution in [-0.2, 0) is 30.1 Å². The molecule has 3 heterocycles. The smallest absolute Gasteiger partial charge is 0.198 e. The normalized spacial score (nSPS) is 20.1. The van der Waals surface area contributed by atoms with E-state index in [0.717, 1.165) is 16.7 Å². The Morgan fingerprint density at radius 1 is 1.50 bits per heavy atom. The van der Waals surface area contributed by atoms with Crippen LogP contribution >= 0.6 is 35.2 Å². The van der Waals surface area contributed by atoms with Crippen LogP contribution in [-0.4, -0.2) is 46.2 Å². The monoisotopic (exact) mass is 406 g/mol. The van der Waals surface area contributed by atoms with E-state index in [1.165, 1.54) is 4.88 Å². The molecule has 0 N–H and O–H groups in total. The van der Waals surface area contributed by atoms with Gasteiger partial charge in [-0.1, -0.05) is 11.6 Å². The minimum Gasteiger partial charge on any atom is -0.307 e. The summed E-state index contributed by atoms with van der Waals surface area (Å²) in [5.41, 5.74) is 0. The highest BCUT2D eigenvalue weighted by molar-refractivity contribution is 7.91. The van der Waals surface area contributed by atoms with Crippen LogP contribution in [0.15, 0.2) is 12.1 Å². The second kappa shape index (κ2) is 6.87. The first kappa shape index (κ1) is 18.1. The summed E-state index contributed by atoms with van der Waals surface area (Å²) in [5, 5.41) is 4.59. The molecule has 3 rings (SSSR count). The Labute approximate surface area is 155 Å². The van der Waals surface area contributed by atoms with E-state index in [9.17, 15) is 8.42 Å². The van der Waals surface area contributed by atoms with Gasteiger partial charge in [-0.2, -0.15) is 5.10 Å². The zero-order valence-electron chi connectivity index (χ0n) is 13.5. The van der Waals surface area contributed by atoms with E-state index in [-0.39, 0.29) is 17.4 Å². The Morgan fingerprint density at radius 3 is 2.83 bits per heavy atom. The average molecular weight is 407 g/mol. The van der Waals surface area contributed by atoms with Crippen molar-refractivity contribution in [2.75, 3.05) is 18.6 Å². The molecular weight excluding hydrogens is 388 g/mol. The molecule has 0 saturated carbocycles. The summed E-state index contributed by atoms with van der Waals surface area (Å²) >= 11 is 13.0. The minimum atomic E-state index is -2.94. The van der Waals surface area contributed by atoms with Crippen LogP contribution in [0.2, 0.25) is 4.34 Å². The van der Waals surface area contributed by atoms with Crippen molar-refractivity contribution in [2.45, 2.75) is 25.6 Å². The zero-order valence-corrected chi connectivity index (χ0v) is 16.7. The topological polar surface area (TPSA) is 60.1 Å². The standard InChI is InChI=1S/C14H19ClN4O2S3/c1-17(7-11-3-4-12(15)23-11)9-19-14(22)18(2)13(16-19)10-5-6-24(20,21)8-10/h3-4,10H,5-9H2,1-2H3/t10-/m1/s1. The van der Waals surface area contributed by atoms with Crippen LogP contribution in [0.4, 0.5) is 0 Å². The molecule has 6 nitrogen and oxygen atoms in total. The van der Waals surface area contributed by atoms with E-state index in [2.05, 4.69) is 10.00 Å². The van der Waals surface area contributed by atoms with Crippen molar-refractivity contribution in [3.8, 4) is 0 Å². The minimum absolute atomic E-state index is 0.0654. The quantitative estimate of drug-likeness (QED) is 0.714. The van der Waals surface area contributed by atoms with Crippen LogP contribution in [0, 0.1) is 4.77 Å². The van der Waals surface area contributed by atoms with E-state index in [4.69, 9.17) is 23.8 Å². The van der Waals surface area contributed by atoms with Gasteiger partial charge in [0, 0.05) is 24.4 Å². The molecule has 1 fully saturated rings. The highest BCUT2D eigenvalue weighted by Crippen LogP contribution is 2.28. The molecule has 0 spiro atoms. The third kappa shape index (κ3) is 3.91. The first-order valence-electron chi connectivity index (χ1n) is 7.52. The number of hydrogen-bond acceptors (Lipinski definition) is 6. The Hall–Kier alpha value is -0.740. The van der Waals surface area contributed by atoms with Gasteiger partial charge in [0.1, 0.15) is 5.82 Å². The maximum atomic E-state index is 11.7. The number of sulfone groups is 1. The van der Waals surface area contributed by atoms with Crippen molar-refractivity contribution in [3.63, 3.8) is 0 Å². The third-order valence-corrected chi connectivity index (χ3v) is 7.57. The summed E-state index contributed by atoms with van der Waals surface area (Å²) in [4.78, 5) is 3.27. The highest BCUT2D eigenvalue weighted by Gasteiger charge is 2.32. The third-order valence-electron chi connectivity index (χ3n) is 4.10. The summed E-state index contributed by atoms with van der Waals surface area (Å²) < 4.78 is 28.4. The highest BCUT2D eigenvalue weighted by atomic mass is 35.5. The summed E-state index contributed by atoms with van der Waals surface area (Å²) in [6.45, 7) is 1.30. The Kier molecular flexibility index (Phi) is 5.17. The van der Waals surface area contributed by atoms with Gasteiger partial charge >= 0.3 is 0 Å². The number of nitrogens with zero attached hydrogens (tertiary/aromatic N) is 4. The van der Waals surface area contributed by atoms with Gasteiger partial charge < -0.3 is 4.57 Å². The lowest BCUT2D eigenvalue weighted by Crippen LogP contribution is -2.22. The summed E-state index contributed by atoms with van der Waals surface area (Å²) in [5.74, 6) is 1.09. The number of hydrogen-bond donors (Lipinski definition) is 0. The number of halogens is 1. The molecule has 0 bridgehead atoms. The van der Waals surface area contributed by atoms with Gasteiger partial charge in [0.2, 0.25) is 0 Å². The summed E-state index contributed by atoms with van der Waals surface area (Å²) in [7, 11) is 0.899. The molecular formula is C14H19ClN4O2S3. The van der Waals surface area contributed by atoms with Crippen molar-refractivity contribution in [3.05, 3.63) is 31.9 Å². The fraction of sp³-hybridized carbons (Fsp3) is 0.571. The molecule has 0 amide bonds. The van der Waals surface area contributed by atoms with E-state index in [0.29, 0.717) is 17.9 Å². The molecule has 10 heteroatoms. The SMILES string of the molecule is CN(Cc1ccc(Cl)s1)Cn1nc([C@@H]2CCS(=O)(=O)C2)n(C)c1=S. The molecule has 0 aromatic carbocycles. The summed E-state index contributed by atoms with van der Waals surface area (Å²) in [6.07, 6.45) is 0.617. The summed E-state index contributed by atoms with van der Waals surface area (Å²) in [6, 6.07) is 3.90. The van der Waals surface area contributed by atoms with Gasteiger partial charge in [0.25, 0.3) is 0 Å². The Morgan fingerprint density at radius 2 is 2.25 bits per heavy atom. The van der Waals surface area contributed by atoms with E-state index in [1.54, 1.807) is 16.0 Å². The molecule has 1 aliphatic rings. The molecule has 1 atom stereocenters. The van der Waals surface area contributed by atoms with Gasteiger partial charge in [-0.15, -0.1) is 11.3 Å². The average Bonchev–Trinajstić information content (AvgIpc) is 3.13. The lowest BCUT2D eigenvalue weighted by Gasteiger charge is -2.15. The molecule has 0 radical (unpaired) electrons. The predicted molar refractivity (Wildman–Crippen MR) is 98.8 cm³/mol. The molecule has 1 aliphatic heterocycles. The molecule has 132 valence electrons. The maximum Gasteiger partial charge on any atom is 0.198 e. The first-order chi connectivity index (χ1) is 11.2. The van der Waals surface area contributed by atoms with Crippen molar-refractivity contribution >= 4 is 45.0 Å². The largest absolute Gasteiger partial charge is 0.307 e. The van der Waals surface area contributed by atoms with E-state index in [1.807, 2.05) is 30.8 Å². The lowest BCUT2D eigenvalue weighted by molar-refractivity contribution is 0.245. The van der Waals surface area contributed by atoms with Crippen molar-refractivity contribution < 1.29 is 8.42 Å². The van der Waals surface area contributed by atoms with Crippen molar-refractivity contribution in [1.82, 2.24) is 19.2 Å². The van der Waals surface area contributed by atoms with Gasteiger partial charge in [-0.05, 0) is 37.8 Å². The van der Waals surface area contributed by atoms with Gasteiger partial charge in [-0.3, -0.25) is 4.90 Å². The Balaban J connectivity index is 1.75. The molecule has 2 aromatic rings. The fourth-order valence-electron chi connectivity index (χ4n) is 2.93. The van der Waals surface area contributed by atoms with Crippen LogP contribution in [0.5, 0.6) is 0 Å². The van der Waals surface area contributed by atoms with Crippen molar-refractivity contribution in [2.24, 2.45) is 7.05 Å². The van der Waals surface area contributed by atoms with Gasteiger partial charge in [0.15, 0.2) is 14.6 Å². The number of thiophene rings is 1.